The van der Waals surface area contributed by atoms with Gasteiger partial charge in [-0.25, -0.2) is 0 Å². The van der Waals surface area contributed by atoms with E-state index in [1.54, 1.807) is 7.11 Å². The van der Waals surface area contributed by atoms with Gasteiger partial charge in [0, 0.05) is 18.3 Å². The Morgan fingerprint density at radius 1 is 1.03 bits per heavy atom. The van der Waals surface area contributed by atoms with Crippen molar-refractivity contribution in [1.82, 2.24) is 9.80 Å². The number of piperidine rings is 2. The van der Waals surface area contributed by atoms with E-state index in [1.807, 2.05) is 30.3 Å². The lowest BCUT2D eigenvalue weighted by atomic mass is 9.93. The Balaban J connectivity index is 1.31. The molecule has 1 N–H and O–H groups in total. The summed E-state index contributed by atoms with van der Waals surface area (Å²) in [6.45, 7) is 7.90. The van der Waals surface area contributed by atoms with Crippen molar-refractivity contribution < 1.29 is 9.53 Å². The number of amides is 1. The van der Waals surface area contributed by atoms with E-state index in [0.717, 1.165) is 48.5 Å². The molecular formula is C27H37N3O2. The molecular weight excluding hydrogens is 398 g/mol. The zero-order valence-corrected chi connectivity index (χ0v) is 19.6. The van der Waals surface area contributed by atoms with Crippen LogP contribution in [-0.2, 0) is 4.79 Å². The molecule has 0 unspecified atom stereocenters. The lowest BCUT2D eigenvalue weighted by Crippen LogP contribution is -2.50. The minimum atomic E-state index is 0.0792. The predicted molar refractivity (Wildman–Crippen MR) is 131 cm³/mol. The Hall–Kier alpha value is -2.37. The molecule has 2 fully saturated rings. The molecule has 0 bridgehead atoms. The maximum Gasteiger partial charge on any atom is 0.228 e. The Morgan fingerprint density at radius 3 is 2.53 bits per heavy atom. The number of likely N-dealkylation sites (tertiary alicyclic amines) is 2. The van der Waals surface area contributed by atoms with Crippen LogP contribution in [0, 0.1) is 5.92 Å². The standard InChI is InChI=1S/C27H37N3O2/c1-3-15-29-17-13-25(14-18-29)30-16-5-7-23(20-30)27(31)28-24-11-9-21(10-12-24)22-6-4-8-26(19-22)32-2/h4,6,8-12,19,23,25H,3,5,7,13-18,20H2,1-2H3,(H,28,31)/t23-/m0/s1. The molecule has 0 radical (unpaired) electrons. The van der Waals surface area contributed by atoms with Gasteiger partial charge >= 0.3 is 0 Å². The third-order valence-corrected chi connectivity index (χ3v) is 6.99. The van der Waals surface area contributed by atoms with Crippen LogP contribution in [0.25, 0.3) is 11.1 Å². The highest BCUT2D eigenvalue weighted by molar-refractivity contribution is 5.93. The number of benzene rings is 2. The van der Waals surface area contributed by atoms with Gasteiger partial charge in [-0.1, -0.05) is 31.2 Å². The van der Waals surface area contributed by atoms with Crippen molar-refractivity contribution in [3.63, 3.8) is 0 Å². The number of methoxy groups -OCH3 is 1. The van der Waals surface area contributed by atoms with Crippen LogP contribution in [0.3, 0.4) is 0 Å². The van der Waals surface area contributed by atoms with Gasteiger partial charge in [0.05, 0.1) is 13.0 Å². The van der Waals surface area contributed by atoms with E-state index in [9.17, 15) is 4.79 Å². The topological polar surface area (TPSA) is 44.8 Å². The van der Waals surface area contributed by atoms with Gasteiger partial charge in [-0.2, -0.15) is 0 Å². The number of hydrogen-bond acceptors (Lipinski definition) is 4. The second-order valence-electron chi connectivity index (χ2n) is 9.21. The second kappa shape index (κ2) is 11.0. The first kappa shape index (κ1) is 22.8. The van der Waals surface area contributed by atoms with Crippen molar-refractivity contribution in [2.45, 2.75) is 45.1 Å². The second-order valence-corrected chi connectivity index (χ2v) is 9.21. The molecule has 2 saturated heterocycles. The molecule has 2 aromatic carbocycles. The lowest BCUT2D eigenvalue weighted by molar-refractivity contribution is -0.122. The van der Waals surface area contributed by atoms with Gasteiger partial charge in [-0.05, 0) is 93.7 Å². The lowest BCUT2D eigenvalue weighted by Gasteiger charge is -2.42. The van der Waals surface area contributed by atoms with Crippen molar-refractivity contribution in [2.24, 2.45) is 5.92 Å². The molecule has 1 atom stereocenters. The van der Waals surface area contributed by atoms with Crippen molar-refractivity contribution in [3.05, 3.63) is 48.5 Å². The Morgan fingerprint density at radius 2 is 1.81 bits per heavy atom. The highest BCUT2D eigenvalue weighted by Crippen LogP contribution is 2.27. The van der Waals surface area contributed by atoms with Crippen LogP contribution in [0.5, 0.6) is 5.75 Å². The normalized spacial score (nSPS) is 20.8. The third kappa shape index (κ3) is 5.70. The third-order valence-electron chi connectivity index (χ3n) is 6.99. The number of ether oxygens (including phenoxy) is 1. The first-order valence-corrected chi connectivity index (χ1v) is 12.2. The van der Waals surface area contributed by atoms with Gasteiger partial charge < -0.3 is 15.0 Å². The average Bonchev–Trinajstić information content (AvgIpc) is 2.85. The molecule has 0 spiro atoms. The number of carbonyl (C=O) groups excluding carboxylic acids is 1. The predicted octanol–water partition coefficient (Wildman–Crippen LogP) is 4.89. The van der Waals surface area contributed by atoms with E-state index < -0.39 is 0 Å². The van der Waals surface area contributed by atoms with Crippen molar-refractivity contribution in [3.8, 4) is 16.9 Å². The van der Waals surface area contributed by atoms with E-state index in [0.29, 0.717) is 6.04 Å². The molecule has 5 heteroatoms. The molecule has 2 aromatic rings. The van der Waals surface area contributed by atoms with Gasteiger partial charge in [0.25, 0.3) is 0 Å². The highest BCUT2D eigenvalue weighted by atomic mass is 16.5. The van der Waals surface area contributed by atoms with E-state index >= 15 is 0 Å². The van der Waals surface area contributed by atoms with Gasteiger partial charge in [0.1, 0.15) is 5.75 Å². The molecule has 0 aromatic heterocycles. The minimum Gasteiger partial charge on any atom is -0.497 e. The monoisotopic (exact) mass is 435 g/mol. The largest absolute Gasteiger partial charge is 0.497 e. The van der Waals surface area contributed by atoms with Crippen molar-refractivity contribution in [1.29, 1.82) is 0 Å². The summed E-state index contributed by atoms with van der Waals surface area (Å²) in [5, 5.41) is 3.16. The number of rotatable bonds is 7. The number of anilines is 1. The SMILES string of the molecule is CCCN1CCC(N2CCC[C@H](C(=O)Nc3ccc(-c4cccc(OC)c4)cc3)C2)CC1. The molecule has 0 aliphatic carbocycles. The summed E-state index contributed by atoms with van der Waals surface area (Å²) in [7, 11) is 1.68. The van der Waals surface area contributed by atoms with Crippen LogP contribution in [0.15, 0.2) is 48.5 Å². The zero-order valence-electron chi connectivity index (χ0n) is 19.6. The van der Waals surface area contributed by atoms with Gasteiger partial charge in [-0.15, -0.1) is 0 Å². The number of hydrogen-bond donors (Lipinski definition) is 1. The molecule has 2 aliphatic heterocycles. The van der Waals surface area contributed by atoms with Crippen LogP contribution in [0.1, 0.15) is 39.0 Å². The molecule has 1 amide bonds. The van der Waals surface area contributed by atoms with Gasteiger partial charge in [-0.3, -0.25) is 9.69 Å². The molecule has 0 saturated carbocycles. The number of nitrogens with one attached hydrogen (secondary N) is 1. The summed E-state index contributed by atoms with van der Waals surface area (Å²) >= 11 is 0. The summed E-state index contributed by atoms with van der Waals surface area (Å²) in [5.41, 5.74) is 3.09. The first-order chi connectivity index (χ1) is 15.7. The van der Waals surface area contributed by atoms with Crippen molar-refractivity contribution >= 4 is 11.6 Å². The minimum absolute atomic E-state index is 0.0792. The van der Waals surface area contributed by atoms with Gasteiger partial charge in [0.2, 0.25) is 5.91 Å². The molecule has 5 nitrogen and oxygen atoms in total. The number of nitrogens with zero attached hydrogens (tertiary/aromatic N) is 2. The quantitative estimate of drug-likeness (QED) is 0.673. The Bertz CT molecular complexity index is 875. The van der Waals surface area contributed by atoms with Gasteiger partial charge in [0.15, 0.2) is 0 Å². The average molecular weight is 436 g/mol. The van der Waals surface area contributed by atoms with Crippen LogP contribution in [0.4, 0.5) is 5.69 Å². The summed E-state index contributed by atoms with van der Waals surface area (Å²) < 4.78 is 5.32. The summed E-state index contributed by atoms with van der Waals surface area (Å²) in [6.07, 6.45) is 5.80. The molecule has 172 valence electrons. The maximum absolute atomic E-state index is 13.0. The number of carbonyl (C=O) groups is 1. The Labute approximate surface area is 192 Å². The smallest absolute Gasteiger partial charge is 0.228 e. The summed E-state index contributed by atoms with van der Waals surface area (Å²) in [6, 6.07) is 16.8. The zero-order chi connectivity index (χ0) is 22.3. The summed E-state index contributed by atoms with van der Waals surface area (Å²) in [5.74, 6) is 1.08. The van der Waals surface area contributed by atoms with Crippen LogP contribution in [0.2, 0.25) is 0 Å². The van der Waals surface area contributed by atoms with E-state index in [-0.39, 0.29) is 11.8 Å². The fourth-order valence-corrected chi connectivity index (χ4v) is 5.17. The van der Waals surface area contributed by atoms with Crippen LogP contribution in [-0.4, -0.2) is 61.6 Å². The van der Waals surface area contributed by atoms with Crippen molar-refractivity contribution in [2.75, 3.05) is 45.2 Å². The molecule has 4 rings (SSSR count). The molecule has 32 heavy (non-hydrogen) atoms. The highest BCUT2D eigenvalue weighted by Gasteiger charge is 2.31. The fraction of sp³-hybridized carbons (Fsp3) is 0.519. The Kier molecular flexibility index (Phi) is 7.82. The van der Waals surface area contributed by atoms with Crippen LogP contribution < -0.4 is 10.1 Å². The first-order valence-electron chi connectivity index (χ1n) is 12.2. The fourth-order valence-electron chi connectivity index (χ4n) is 5.17. The van der Waals surface area contributed by atoms with Crippen LogP contribution >= 0.6 is 0 Å². The maximum atomic E-state index is 13.0. The van der Waals surface area contributed by atoms with E-state index in [4.69, 9.17) is 4.74 Å². The van der Waals surface area contributed by atoms with E-state index in [2.05, 4.69) is 40.2 Å². The van der Waals surface area contributed by atoms with E-state index in [1.165, 1.54) is 38.9 Å². The molecule has 2 heterocycles. The molecule has 2 aliphatic rings. The summed E-state index contributed by atoms with van der Waals surface area (Å²) in [4.78, 5) is 18.2.